The number of ether oxygens (including phenoxy) is 1. The van der Waals surface area contributed by atoms with Crippen LogP contribution in [-0.4, -0.2) is 25.8 Å². The van der Waals surface area contributed by atoms with E-state index < -0.39 is 0 Å². The summed E-state index contributed by atoms with van der Waals surface area (Å²) < 4.78 is 5.36. The molecule has 78 valence electrons. The zero-order valence-electron chi connectivity index (χ0n) is 9.18. The quantitative estimate of drug-likeness (QED) is 0.463. The Morgan fingerprint density at radius 3 is 2.62 bits per heavy atom. The number of rotatable bonds is 8. The average Bonchev–Trinajstić information content (AvgIpc) is 2.09. The zero-order chi connectivity index (χ0) is 9.94. The van der Waals surface area contributed by atoms with Gasteiger partial charge in [0.15, 0.2) is 0 Å². The van der Waals surface area contributed by atoms with Crippen molar-refractivity contribution in [1.29, 1.82) is 0 Å². The molecule has 0 bridgehead atoms. The second-order valence-corrected chi connectivity index (χ2v) is 3.39. The molecule has 2 heteroatoms. The van der Waals surface area contributed by atoms with E-state index in [1.165, 1.54) is 6.42 Å². The van der Waals surface area contributed by atoms with Crippen LogP contribution in [0.3, 0.4) is 0 Å². The first-order valence-electron chi connectivity index (χ1n) is 5.24. The van der Waals surface area contributed by atoms with Crippen molar-refractivity contribution >= 4 is 0 Å². The van der Waals surface area contributed by atoms with Gasteiger partial charge in [0.2, 0.25) is 0 Å². The lowest BCUT2D eigenvalue weighted by Crippen LogP contribution is -2.15. The predicted octanol–water partition coefficient (Wildman–Crippen LogP) is 2.36. The van der Waals surface area contributed by atoms with Gasteiger partial charge in [-0.05, 0) is 39.8 Å². The summed E-state index contributed by atoms with van der Waals surface area (Å²) in [6, 6.07) is 0. The Balaban J connectivity index is 3.03. The van der Waals surface area contributed by atoms with Gasteiger partial charge in [-0.25, -0.2) is 0 Å². The lowest BCUT2D eigenvalue weighted by Gasteiger charge is -2.03. The van der Waals surface area contributed by atoms with E-state index in [9.17, 15) is 0 Å². The molecule has 0 saturated carbocycles. The van der Waals surface area contributed by atoms with Crippen molar-refractivity contribution in [3.63, 3.8) is 0 Å². The monoisotopic (exact) mass is 185 g/mol. The van der Waals surface area contributed by atoms with Crippen LogP contribution in [0.4, 0.5) is 0 Å². The zero-order valence-corrected chi connectivity index (χ0v) is 9.18. The lowest BCUT2D eigenvalue weighted by atomic mass is 10.3. The van der Waals surface area contributed by atoms with E-state index >= 15 is 0 Å². The molecule has 0 spiro atoms. The fraction of sp³-hybridized carbons (Fsp3) is 0.818. The molecule has 0 atom stereocenters. The SMILES string of the molecule is CCCNCCC=CCOC(C)C. The van der Waals surface area contributed by atoms with Crippen molar-refractivity contribution in [2.24, 2.45) is 0 Å². The van der Waals surface area contributed by atoms with Crippen molar-refractivity contribution in [1.82, 2.24) is 5.32 Å². The molecule has 0 unspecified atom stereocenters. The Morgan fingerprint density at radius 2 is 2.00 bits per heavy atom. The molecule has 0 saturated heterocycles. The minimum Gasteiger partial charge on any atom is -0.375 e. The minimum atomic E-state index is 0.336. The van der Waals surface area contributed by atoms with Crippen LogP contribution in [0.2, 0.25) is 0 Å². The largest absolute Gasteiger partial charge is 0.375 e. The van der Waals surface area contributed by atoms with E-state index in [-0.39, 0.29) is 0 Å². The van der Waals surface area contributed by atoms with E-state index in [1.54, 1.807) is 0 Å². The molecule has 0 aromatic heterocycles. The fourth-order valence-electron chi connectivity index (χ4n) is 0.921. The van der Waals surface area contributed by atoms with E-state index in [4.69, 9.17) is 4.74 Å². The smallest absolute Gasteiger partial charge is 0.0650 e. The molecule has 0 amide bonds. The molecular weight excluding hydrogens is 162 g/mol. The van der Waals surface area contributed by atoms with E-state index in [0.29, 0.717) is 6.10 Å². The summed E-state index contributed by atoms with van der Waals surface area (Å²) in [6.07, 6.45) is 6.91. The Hall–Kier alpha value is -0.340. The van der Waals surface area contributed by atoms with E-state index in [2.05, 4.69) is 38.2 Å². The second-order valence-electron chi connectivity index (χ2n) is 3.39. The van der Waals surface area contributed by atoms with Crippen LogP contribution >= 0.6 is 0 Å². The maximum Gasteiger partial charge on any atom is 0.0650 e. The molecule has 0 aromatic rings. The molecule has 0 aliphatic carbocycles. The first-order chi connectivity index (χ1) is 6.27. The highest BCUT2D eigenvalue weighted by Crippen LogP contribution is 1.88. The molecule has 0 radical (unpaired) electrons. The summed E-state index contributed by atoms with van der Waals surface area (Å²) in [5.74, 6) is 0. The minimum absolute atomic E-state index is 0.336. The molecule has 1 N–H and O–H groups in total. The Labute approximate surface area is 82.4 Å². The average molecular weight is 185 g/mol. The number of hydrogen-bond acceptors (Lipinski definition) is 2. The summed E-state index contributed by atoms with van der Waals surface area (Å²) >= 11 is 0. The van der Waals surface area contributed by atoms with Crippen LogP contribution in [0.25, 0.3) is 0 Å². The van der Waals surface area contributed by atoms with Crippen LogP contribution in [0.5, 0.6) is 0 Å². The molecule has 0 aliphatic heterocycles. The van der Waals surface area contributed by atoms with Crippen molar-refractivity contribution < 1.29 is 4.74 Å². The maximum atomic E-state index is 5.36. The Bertz CT molecular complexity index is 121. The van der Waals surface area contributed by atoms with Crippen molar-refractivity contribution in [2.75, 3.05) is 19.7 Å². The predicted molar refractivity (Wildman–Crippen MR) is 58.0 cm³/mol. The summed E-state index contributed by atoms with van der Waals surface area (Å²) in [5.41, 5.74) is 0. The van der Waals surface area contributed by atoms with Gasteiger partial charge in [0.25, 0.3) is 0 Å². The van der Waals surface area contributed by atoms with Crippen LogP contribution in [0, 0.1) is 0 Å². The number of hydrogen-bond donors (Lipinski definition) is 1. The molecule has 0 fully saturated rings. The molecule has 0 aliphatic rings. The highest BCUT2D eigenvalue weighted by atomic mass is 16.5. The highest BCUT2D eigenvalue weighted by Gasteiger charge is 1.87. The van der Waals surface area contributed by atoms with Crippen LogP contribution in [0.1, 0.15) is 33.6 Å². The third-order valence-corrected chi connectivity index (χ3v) is 1.61. The third-order valence-electron chi connectivity index (χ3n) is 1.61. The van der Waals surface area contributed by atoms with Crippen LogP contribution in [0.15, 0.2) is 12.2 Å². The normalized spacial score (nSPS) is 11.7. The Morgan fingerprint density at radius 1 is 1.23 bits per heavy atom. The molecule has 0 heterocycles. The van der Waals surface area contributed by atoms with E-state index in [0.717, 1.165) is 26.1 Å². The lowest BCUT2D eigenvalue weighted by molar-refractivity contribution is 0.102. The maximum absolute atomic E-state index is 5.36. The standard InChI is InChI=1S/C11H23NO/c1-4-8-12-9-6-5-7-10-13-11(2)3/h5,7,11-12H,4,6,8-10H2,1-3H3. The number of nitrogens with one attached hydrogen (secondary N) is 1. The van der Waals surface area contributed by atoms with Gasteiger partial charge in [0, 0.05) is 0 Å². The molecule has 0 aromatic carbocycles. The molecule has 0 rings (SSSR count). The summed E-state index contributed by atoms with van der Waals surface area (Å²) in [5, 5.41) is 3.34. The molecule has 13 heavy (non-hydrogen) atoms. The van der Waals surface area contributed by atoms with Gasteiger partial charge in [0.05, 0.1) is 12.7 Å². The first kappa shape index (κ1) is 12.7. The van der Waals surface area contributed by atoms with Gasteiger partial charge in [-0.3, -0.25) is 0 Å². The fourth-order valence-corrected chi connectivity index (χ4v) is 0.921. The van der Waals surface area contributed by atoms with Crippen LogP contribution in [-0.2, 0) is 4.74 Å². The topological polar surface area (TPSA) is 21.3 Å². The first-order valence-corrected chi connectivity index (χ1v) is 5.24. The Kier molecular flexibility index (Phi) is 9.49. The summed E-state index contributed by atoms with van der Waals surface area (Å²) in [7, 11) is 0. The van der Waals surface area contributed by atoms with Gasteiger partial charge in [-0.15, -0.1) is 0 Å². The summed E-state index contributed by atoms with van der Waals surface area (Å²) in [6.45, 7) is 9.22. The van der Waals surface area contributed by atoms with Gasteiger partial charge < -0.3 is 10.1 Å². The molecular formula is C11H23NO. The van der Waals surface area contributed by atoms with Crippen molar-refractivity contribution in [3.05, 3.63) is 12.2 Å². The molecule has 2 nitrogen and oxygen atoms in total. The van der Waals surface area contributed by atoms with Crippen molar-refractivity contribution in [2.45, 2.75) is 39.7 Å². The van der Waals surface area contributed by atoms with Crippen LogP contribution < -0.4 is 5.32 Å². The van der Waals surface area contributed by atoms with Crippen molar-refractivity contribution in [3.8, 4) is 0 Å². The summed E-state index contributed by atoms with van der Waals surface area (Å²) in [4.78, 5) is 0. The second kappa shape index (κ2) is 9.75. The van der Waals surface area contributed by atoms with Gasteiger partial charge in [-0.1, -0.05) is 19.1 Å². The third kappa shape index (κ3) is 11.7. The van der Waals surface area contributed by atoms with Gasteiger partial charge >= 0.3 is 0 Å². The van der Waals surface area contributed by atoms with Gasteiger partial charge in [-0.2, -0.15) is 0 Å². The van der Waals surface area contributed by atoms with Gasteiger partial charge in [0.1, 0.15) is 0 Å². The highest BCUT2D eigenvalue weighted by molar-refractivity contribution is 4.82. The van der Waals surface area contributed by atoms with E-state index in [1.807, 2.05) is 0 Å².